The van der Waals surface area contributed by atoms with Crippen molar-refractivity contribution >= 4 is 34.9 Å². The third kappa shape index (κ3) is 7.87. The summed E-state index contributed by atoms with van der Waals surface area (Å²) in [5.74, 6) is -1.12. The Morgan fingerprint density at radius 1 is 1.05 bits per heavy atom. The lowest BCUT2D eigenvalue weighted by atomic mass is 9.86. The second-order valence-electron chi connectivity index (χ2n) is 6.70. The summed E-state index contributed by atoms with van der Waals surface area (Å²) in [7, 11) is 0. The van der Waals surface area contributed by atoms with Crippen LogP contribution in [0.5, 0.6) is 0 Å². The Labute approximate surface area is 142 Å². The molecule has 0 bridgehead atoms. The van der Waals surface area contributed by atoms with Gasteiger partial charge in [0.1, 0.15) is 0 Å². The highest BCUT2D eigenvalue weighted by Crippen LogP contribution is 2.42. The maximum absolute atomic E-state index is 12.7. The molecular weight excluding hydrogens is 349 g/mol. The van der Waals surface area contributed by atoms with Crippen LogP contribution in [0, 0.1) is 5.41 Å². The van der Waals surface area contributed by atoms with Crippen molar-refractivity contribution in [3.05, 3.63) is 11.9 Å². The Bertz CT molecular complexity index is 518. The summed E-state index contributed by atoms with van der Waals surface area (Å²) in [5, 5.41) is 8.14. The summed E-state index contributed by atoms with van der Waals surface area (Å²) in [6.45, 7) is 10.9. The first kappa shape index (κ1) is 19.8. The first-order valence-electron chi connectivity index (χ1n) is 6.83. The van der Waals surface area contributed by atoms with E-state index >= 15 is 0 Å². The van der Waals surface area contributed by atoms with E-state index in [1.165, 1.54) is 23.1 Å². The van der Waals surface area contributed by atoms with Crippen LogP contribution in [0.2, 0.25) is 0 Å². The molecule has 1 aromatic heterocycles. The largest absolute Gasteiger partial charge is 0.301 e. The molecule has 1 heterocycles. The van der Waals surface area contributed by atoms with Gasteiger partial charge in [0, 0.05) is 16.9 Å². The molecule has 0 spiro atoms. The Kier molecular flexibility index (Phi) is 7.26. The van der Waals surface area contributed by atoms with Crippen molar-refractivity contribution in [2.75, 3.05) is 5.75 Å². The van der Waals surface area contributed by atoms with Gasteiger partial charge in [0.15, 0.2) is 14.5 Å². The van der Waals surface area contributed by atoms with Gasteiger partial charge in [-0.05, 0) is 11.8 Å². The third-order valence-electron chi connectivity index (χ3n) is 2.46. The topological polar surface area (TPSA) is 25.8 Å². The molecule has 0 aliphatic carbocycles. The highest BCUT2D eigenvalue weighted by atomic mass is 32.2. The van der Waals surface area contributed by atoms with E-state index in [1.54, 1.807) is 11.8 Å². The Morgan fingerprint density at radius 3 is 2.18 bits per heavy atom. The average molecular weight is 371 g/mol. The molecule has 8 heteroatoms. The van der Waals surface area contributed by atoms with Crippen LogP contribution in [-0.2, 0) is 0 Å². The lowest BCUT2D eigenvalue weighted by molar-refractivity contribution is 0.339. The van der Waals surface area contributed by atoms with Crippen LogP contribution in [0.25, 0.3) is 0 Å². The molecule has 0 saturated carbocycles. The fourth-order valence-corrected chi connectivity index (χ4v) is 6.06. The van der Waals surface area contributed by atoms with E-state index in [1.807, 2.05) is 0 Å². The minimum atomic E-state index is -2.24. The van der Waals surface area contributed by atoms with E-state index in [-0.39, 0.29) is 22.3 Å². The van der Waals surface area contributed by atoms with Crippen LogP contribution in [0.4, 0.5) is 13.2 Å². The van der Waals surface area contributed by atoms with Gasteiger partial charge in [0.05, 0.1) is 0 Å². The van der Waals surface area contributed by atoms with Crippen LogP contribution in [0.1, 0.15) is 47.5 Å². The van der Waals surface area contributed by atoms with Crippen LogP contribution < -0.4 is 0 Å². The van der Waals surface area contributed by atoms with Crippen molar-refractivity contribution in [1.82, 2.24) is 10.2 Å². The van der Waals surface area contributed by atoms with Gasteiger partial charge in [-0.3, -0.25) is 0 Å². The third-order valence-corrected chi connectivity index (χ3v) is 5.77. The predicted octanol–water partition coefficient (Wildman–Crippen LogP) is 6.40. The maximum atomic E-state index is 12.7. The molecule has 0 saturated heterocycles. The van der Waals surface area contributed by atoms with E-state index in [4.69, 9.17) is 0 Å². The lowest BCUT2D eigenvalue weighted by Gasteiger charge is -2.30. The maximum Gasteiger partial charge on any atom is 0.301 e. The van der Waals surface area contributed by atoms with Crippen molar-refractivity contribution in [2.24, 2.45) is 5.41 Å². The molecule has 0 radical (unpaired) electrons. The molecular formula is C14H21F3N2S3. The second-order valence-corrected chi connectivity index (χ2v) is 11.0. The molecule has 0 aliphatic heterocycles. The van der Waals surface area contributed by atoms with Crippen LogP contribution >= 0.6 is 34.9 Å². The molecule has 126 valence electrons. The number of nitrogens with zero attached hydrogens (tertiary/aromatic N) is 2. The first-order chi connectivity index (χ1) is 9.98. The van der Waals surface area contributed by atoms with Crippen molar-refractivity contribution in [2.45, 2.75) is 60.9 Å². The zero-order valence-corrected chi connectivity index (χ0v) is 15.8. The smallest absolute Gasteiger partial charge is 0.206 e. The van der Waals surface area contributed by atoms with Crippen molar-refractivity contribution in [3.63, 3.8) is 0 Å². The summed E-state index contributed by atoms with van der Waals surface area (Å²) < 4.78 is 38.2. The van der Waals surface area contributed by atoms with Crippen LogP contribution in [0.15, 0.2) is 20.6 Å². The molecule has 0 atom stereocenters. The normalized spacial score (nSPS) is 12.5. The van der Waals surface area contributed by atoms with Gasteiger partial charge in [-0.2, -0.15) is 8.78 Å². The molecule has 0 unspecified atom stereocenters. The number of rotatable bonds is 7. The van der Waals surface area contributed by atoms with E-state index < -0.39 is 11.9 Å². The minimum absolute atomic E-state index is 0.0337. The summed E-state index contributed by atoms with van der Waals surface area (Å²) in [5.41, 5.74) is 0.221. The van der Waals surface area contributed by atoms with Crippen molar-refractivity contribution < 1.29 is 13.2 Å². The fraction of sp³-hybridized carbons (Fsp3) is 0.714. The molecule has 1 aromatic rings. The van der Waals surface area contributed by atoms with Gasteiger partial charge in [0.2, 0.25) is 0 Å². The molecule has 0 N–H and O–H groups in total. The highest BCUT2D eigenvalue weighted by Gasteiger charge is 2.28. The van der Waals surface area contributed by atoms with E-state index in [0.29, 0.717) is 4.34 Å². The summed E-state index contributed by atoms with van der Waals surface area (Å²) in [6.07, 6.45) is -1.50. The monoisotopic (exact) mass is 370 g/mol. The molecule has 0 aliphatic rings. The summed E-state index contributed by atoms with van der Waals surface area (Å²) >= 11 is 4.34. The van der Waals surface area contributed by atoms with E-state index in [9.17, 15) is 13.2 Å². The number of aromatic nitrogens is 2. The van der Waals surface area contributed by atoms with Gasteiger partial charge in [-0.1, -0.05) is 69.5 Å². The Hall–Kier alpha value is -0.210. The van der Waals surface area contributed by atoms with E-state index in [2.05, 4.69) is 44.8 Å². The number of thioether (sulfide) groups is 2. The van der Waals surface area contributed by atoms with Gasteiger partial charge in [-0.15, -0.1) is 10.2 Å². The van der Waals surface area contributed by atoms with Gasteiger partial charge < -0.3 is 0 Å². The van der Waals surface area contributed by atoms with Crippen molar-refractivity contribution in [3.8, 4) is 0 Å². The highest BCUT2D eigenvalue weighted by molar-refractivity contribution is 8.03. The molecule has 2 nitrogen and oxygen atoms in total. The molecule has 1 rings (SSSR count). The second kappa shape index (κ2) is 8.06. The predicted molar refractivity (Wildman–Crippen MR) is 89.6 cm³/mol. The SMILES string of the molecule is CC(C)(C)CC(C)(C)Sc1nnc(SCCC(F)=C(F)F)s1. The summed E-state index contributed by atoms with van der Waals surface area (Å²) in [6, 6.07) is 0. The zero-order valence-electron chi connectivity index (χ0n) is 13.4. The average Bonchev–Trinajstić information content (AvgIpc) is 2.72. The number of hydrogen-bond donors (Lipinski definition) is 0. The Balaban J connectivity index is 2.52. The summed E-state index contributed by atoms with van der Waals surface area (Å²) in [4.78, 5) is 0. The minimum Gasteiger partial charge on any atom is -0.206 e. The van der Waals surface area contributed by atoms with Crippen LogP contribution in [-0.4, -0.2) is 20.7 Å². The lowest BCUT2D eigenvalue weighted by Crippen LogP contribution is -2.23. The molecule has 0 aromatic carbocycles. The van der Waals surface area contributed by atoms with Crippen LogP contribution in [0.3, 0.4) is 0 Å². The molecule has 0 amide bonds. The number of allylic oxidation sites excluding steroid dienone is 1. The van der Waals surface area contributed by atoms with Gasteiger partial charge in [-0.25, -0.2) is 4.39 Å². The quantitative estimate of drug-likeness (QED) is 0.518. The van der Waals surface area contributed by atoms with E-state index in [0.717, 1.165) is 10.8 Å². The standard InChI is InChI=1S/C14H21F3N2S3/c1-13(2,3)8-14(4,5)22-12-19-18-11(21-12)20-7-6-9(15)10(16)17/h6-8H2,1-5H3. The first-order valence-corrected chi connectivity index (χ1v) is 9.45. The Morgan fingerprint density at radius 2 is 1.64 bits per heavy atom. The van der Waals surface area contributed by atoms with Crippen molar-refractivity contribution in [1.29, 1.82) is 0 Å². The fourth-order valence-electron chi connectivity index (χ4n) is 2.17. The number of hydrogen-bond acceptors (Lipinski definition) is 5. The van der Waals surface area contributed by atoms with Gasteiger partial charge in [0.25, 0.3) is 0 Å². The molecule has 22 heavy (non-hydrogen) atoms. The number of halogens is 3. The zero-order chi connectivity index (χ0) is 17.0. The van der Waals surface area contributed by atoms with Gasteiger partial charge >= 0.3 is 6.08 Å². The molecule has 0 fully saturated rings.